The largest absolute Gasteiger partial charge is 0.469 e. The van der Waals surface area contributed by atoms with E-state index in [9.17, 15) is 4.79 Å². The van der Waals surface area contributed by atoms with Crippen LogP contribution in [0.1, 0.15) is 11.4 Å². The van der Waals surface area contributed by atoms with Crippen molar-refractivity contribution < 1.29 is 9.53 Å². The first-order valence-electron chi connectivity index (χ1n) is 3.64. The van der Waals surface area contributed by atoms with Crippen LogP contribution < -0.4 is 0 Å². The Bertz CT molecular complexity index is 258. The highest BCUT2D eigenvalue weighted by atomic mass is 16.5. The second-order valence-electron chi connectivity index (χ2n) is 2.41. The third-order valence-electron chi connectivity index (χ3n) is 1.61. The molecule has 0 amide bonds. The van der Waals surface area contributed by atoms with Crippen molar-refractivity contribution in [3.63, 3.8) is 0 Å². The van der Waals surface area contributed by atoms with Gasteiger partial charge in [-0.05, 0) is 5.56 Å². The number of methoxy groups -OCH3 is 1. The second-order valence-corrected chi connectivity index (χ2v) is 2.41. The molecule has 60 valence electrons. The highest BCUT2D eigenvalue weighted by Gasteiger charge is 2.13. The number of esters is 1. The molecule has 2 nitrogen and oxygen atoms in total. The minimum atomic E-state index is -0.670. The molecule has 0 saturated heterocycles. The Hall–Kier alpha value is -1.25. The average Bonchev–Trinajstić information content (AvgIpc) is 2.17. The van der Waals surface area contributed by atoms with E-state index in [1.165, 1.54) is 7.11 Å². The van der Waals surface area contributed by atoms with Gasteiger partial charge in [0, 0.05) is 5.82 Å². The van der Waals surface area contributed by atoms with Crippen LogP contribution in [0.5, 0.6) is 0 Å². The van der Waals surface area contributed by atoms with Crippen molar-refractivity contribution in [3.8, 4) is 0 Å². The molecule has 0 N–H and O–H groups in total. The van der Waals surface area contributed by atoms with E-state index >= 15 is 0 Å². The van der Waals surface area contributed by atoms with E-state index in [0.717, 1.165) is 5.56 Å². The van der Waals surface area contributed by atoms with Crippen molar-refractivity contribution in [1.29, 1.82) is 0 Å². The third kappa shape index (κ3) is 1.88. The molecule has 0 heterocycles. The molecular weight excluding hydrogens is 151 g/mol. The lowest BCUT2D eigenvalue weighted by Crippen LogP contribution is -2.13. The molecule has 12 heavy (non-hydrogen) atoms. The summed E-state index contributed by atoms with van der Waals surface area (Å²) in [5.74, 6) is -1.09. The number of hydrogen-bond donors (Lipinski definition) is 0. The Balaban J connectivity index is 2.78. The molecule has 0 aliphatic rings. The van der Waals surface area contributed by atoms with Crippen molar-refractivity contribution in [3.05, 3.63) is 35.9 Å². The second kappa shape index (κ2) is 3.95. The summed E-state index contributed by atoms with van der Waals surface area (Å²) in [6, 6.07) is 9.12. The van der Waals surface area contributed by atoms with Crippen LogP contribution in [-0.2, 0) is 9.53 Å². The van der Waals surface area contributed by atoms with Crippen molar-refractivity contribution in [1.82, 2.24) is 0 Å². The molecule has 1 rings (SSSR count). The van der Waals surface area contributed by atoms with Gasteiger partial charge in [-0.2, -0.15) is 0 Å². The lowest BCUT2D eigenvalue weighted by molar-refractivity contribution is -0.140. The van der Waals surface area contributed by atoms with E-state index in [2.05, 4.69) is 4.74 Å². The Labute approximate surface area is 73.0 Å². The molecule has 2 radical (unpaired) electrons. The third-order valence-corrected chi connectivity index (χ3v) is 1.61. The Kier molecular flexibility index (Phi) is 2.91. The van der Waals surface area contributed by atoms with Gasteiger partial charge in [-0.1, -0.05) is 30.3 Å². The monoisotopic (exact) mass is 160 g/mol. The van der Waals surface area contributed by atoms with Gasteiger partial charge in [0.05, 0.1) is 15.0 Å². The number of carbonyl (C=O) groups is 1. The fourth-order valence-corrected chi connectivity index (χ4v) is 0.923. The van der Waals surface area contributed by atoms with Crippen molar-refractivity contribution in [2.45, 2.75) is 5.82 Å². The number of rotatable bonds is 2. The lowest BCUT2D eigenvalue weighted by atomic mass is 9.81. The molecule has 1 aromatic rings. The summed E-state index contributed by atoms with van der Waals surface area (Å²) < 4.78 is 4.50. The number of benzene rings is 1. The summed E-state index contributed by atoms with van der Waals surface area (Å²) in [6.07, 6.45) is 0. The van der Waals surface area contributed by atoms with Crippen molar-refractivity contribution in [2.24, 2.45) is 0 Å². The molecule has 0 spiro atoms. The highest BCUT2D eigenvalue weighted by Crippen LogP contribution is 2.12. The molecule has 0 aliphatic heterocycles. The maximum Gasteiger partial charge on any atom is 0.304 e. The molecule has 0 fully saturated rings. The van der Waals surface area contributed by atoms with Crippen LogP contribution in [0.4, 0.5) is 0 Å². The zero-order valence-electron chi connectivity index (χ0n) is 6.86. The lowest BCUT2D eigenvalue weighted by Gasteiger charge is -2.08. The first-order chi connectivity index (χ1) is 5.75. The van der Waals surface area contributed by atoms with Crippen LogP contribution in [0.2, 0.25) is 0 Å². The van der Waals surface area contributed by atoms with Gasteiger partial charge in [-0.15, -0.1) is 0 Å². The van der Waals surface area contributed by atoms with Gasteiger partial charge in [-0.25, -0.2) is 0 Å². The summed E-state index contributed by atoms with van der Waals surface area (Å²) >= 11 is 0. The maximum absolute atomic E-state index is 11.0. The molecule has 1 unspecified atom stereocenters. The maximum atomic E-state index is 11.0. The minimum absolute atomic E-state index is 0.416. The number of carbonyl (C=O) groups excluding carboxylic acids is 1. The quantitative estimate of drug-likeness (QED) is 0.477. The minimum Gasteiger partial charge on any atom is -0.469 e. The first-order valence-corrected chi connectivity index (χ1v) is 3.64. The normalized spacial score (nSPS) is 12.1. The van der Waals surface area contributed by atoms with Crippen LogP contribution in [0.3, 0.4) is 0 Å². The highest BCUT2D eigenvalue weighted by molar-refractivity contribution is 6.23. The Morgan fingerprint density at radius 3 is 2.50 bits per heavy atom. The predicted molar refractivity (Wildman–Crippen MR) is 47.0 cm³/mol. The molecule has 3 heteroatoms. The van der Waals surface area contributed by atoms with Crippen LogP contribution in [0.25, 0.3) is 0 Å². The van der Waals surface area contributed by atoms with E-state index in [1.54, 1.807) is 12.1 Å². The SMILES string of the molecule is [B]C(C(=O)OC)c1ccccc1. The van der Waals surface area contributed by atoms with Gasteiger partial charge in [0.25, 0.3) is 0 Å². The molecule has 0 aromatic heterocycles. The van der Waals surface area contributed by atoms with Crippen LogP contribution >= 0.6 is 0 Å². The smallest absolute Gasteiger partial charge is 0.304 e. The fraction of sp³-hybridized carbons (Fsp3) is 0.222. The van der Waals surface area contributed by atoms with Crippen LogP contribution in [-0.4, -0.2) is 20.9 Å². The molecule has 1 aromatic carbocycles. The van der Waals surface area contributed by atoms with E-state index in [-0.39, 0.29) is 0 Å². The van der Waals surface area contributed by atoms with Gasteiger partial charge >= 0.3 is 5.97 Å². The molecular formula is C9H9BO2. The zero-order valence-corrected chi connectivity index (χ0v) is 6.86. The molecule has 1 atom stereocenters. The van der Waals surface area contributed by atoms with Crippen LogP contribution in [0.15, 0.2) is 30.3 Å². The standard InChI is InChI=1S/C9H9BO2/c1-12-9(11)8(10)7-5-3-2-4-6-7/h2-6,8H,1H3. The van der Waals surface area contributed by atoms with Gasteiger partial charge in [-0.3, -0.25) is 4.79 Å². The van der Waals surface area contributed by atoms with E-state index in [4.69, 9.17) is 7.85 Å². The Morgan fingerprint density at radius 2 is 2.00 bits per heavy atom. The topological polar surface area (TPSA) is 26.3 Å². The molecule has 0 aliphatic carbocycles. The first kappa shape index (κ1) is 8.85. The van der Waals surface area contributed by atoms with Crippen molar-refractivity contribution in [2.75, 3.05) is 7.11 Å². The Morgan fingerprint density at radius 1 is 1.42 bits per heavy atom. The van der Waals surface area contributed by atoms with Gasteiger partial charge < -0.3 is 4.74 Å². The average molecular weight is 160 g/mol. The van der Waals surface area contributed by atoms with Crippen molar-refractivity contribution >= 4 is 13.8 Å². The fourth-order valence-electron chi connectivity index (χ4n) is 0.923. The van der Waals surface area contributed by atoms with Gasteiger partial charge in [0.2, 0.25) is 0 Å². The zero-order chi connectivity index (χ0) is 8.97. The summed E-state index contributed by atoms with van der Waals surface area (Å²) in [6.45, 7) is 0. The predicted octanol–water partition coefficient (Wildman–Crippen LogP) is 1.07. The van der Waals surface area contributed by atoms with Crippen LogP contribution in [0, 0.1) is 0 Å². The summed E-state index contributed by atoms with van der Waals surface area (Å²) in [7, 11) is 6.90. The van der Waals surface area contributed by atoms with E-state index in [0.29, 0.717) is 0 Å². The summed E-state index contributed by atoms with van der Waals surface area (Å²) in [5, 5.41) is 0. The van der Waals surface area contributed by atoms with Gasteiger partial charge in [0.15, 0.2) is 0 Å². The molecule has 0 bridgehead atoms. The van der Waals surface area contributed by atoms with Gasteiger partial charge in [0.1, 0.15) is 0 Å². The summed E-state index contributed by atoms with van der Waals surface area (Å²) in [4.78, 5) is 11.0. The summed E-state index contributed by atoms with van der Waals surface area (Å²) in [5.41, 5.74) is 0.768. The van der Waals surface area contributed by atoms with E-state index in [1.807, 2.05) is 18.2 Å². The number of hydrogen-bond acceptors (Lipinski definition) is 2. The molecule has 0 saturated carbocycles. The number of ether oxygens (including phenoxy) is 1. The van der Waals surface area contributed by atoms with E-state index < -0.39 is 11.8 Å².